The second-order valence-electron chi connectivity index (χ2n) is 7.61. The van der Waals surface area contributed by atoms with Gasteiger partial charge in [-0.05, 0) is 60.5 Å². The number of hydrazone groups is 1. The number of sulfonamides is 1. The third kappa shape index (κ3) is 5.34. The highest BCUT2D eigenvalue weighted by molar-refractivity contribution is 7.89. The largest absolute Gasteiger partial charge is 0.256 e. The molecule has 0 fully saturated rings. The zero-order valence-corrected chi connectivity index (χ0v) is 20.5. The Hall–Kier alpha value is -2.16. The minimum Gasteiger partial charge on any atom is -0.256 e. The fraction of sp³-hybridized carbons (Fsp3) is 0.174. The molecule has 33 heavy (non-hydrogen) atoms. The molecule has 0 saturated carbocycles. The van der Waals surface area contributed by atoms with Crippen molar-refractivity contribution in [2.45, 2.75) is 24.3 Å². The average Bonchev–Trinajstić information content (AvgIpc) is 3.18. The molecule has 0 aliphatic carbocycles. The number of nitrogens with one attached hydrogen (secondary N) is 1. The first-order valence-electron chi connectivity index (χ1n) is 9.96. The Balaban J connectivity index is 1.63. The fourth-order valence-electron chi connectivity index (χ4n) is 3.63. The topological polar surface area (TPSA) is 61.8 Å². The van der Waals surface area contributed by atoms with Gasteiger partial charge in [-0.2, -0.15) is 5.10 Å². The van der Waals surface area contributed by atoms with Crippen LogP contribution in [0.3, 0.4) is 0 Å². The highest BCUT2D eigenvalue weighted by atomic mass is 35.5. The monoisotopic (exact) mass is 525 g/mol. The van der Waals surface area contributed by atoms with E-state index in [9.17, 15) is 12.8 Å². The average molecular weight is 527 g/mol. The molecule has 1 heterocycles. The van der Waals surface area contributed by atoms with Crippen LogP contribution < -0.4 is 9.73 Å². The van der Waals surface area contributed by atoms with Gasteiger partial charge in [0.1, 0.15) is 5.82 Å². The van der Waals surface area contributed by atoms with Crippen LogP contribution in [0.1, 0.15) is 23.6 Å². The molecule has 0 radical (unpaired) electrons. The number of anilines is 1. The molecule has 172 valence electrons. The molecule has 0 unspecified atom stereocenters. The van der Waals surface area contributed by atoms with E-state index in [1.54, 1.807) is 42.3 Å². The molecule has 3 aromatic carbocycles. The number of halogens is 4. The third-order valence-electron chi connectivity index (χ3n) is 5.29. The van der Waals surface area contributed by atoms with Crippen LogP contribution in [0, 0.1) is 12.7 Å². The van der Waals surface area contributed by atoms with Crippen molar-refractivity contribution in [1.29, 1.82) is 0 Å². The molecule has 3 aromatic rings. The van der Waals surface area contributed by atoms with Crippen LogP contribution in [0.4, 0.5) is 10.1 Å². The van der Waals surface area contributed by atoms with Crippen molar-refractivity contribution < 1.29 is 12.8 Å². The van der Waals surface area contributed by atoms with E-state index in [4.69, 9.17) is 34.8 Å². The van der Waals surface area contributed by atoms with E-state index >= 15 is 0 Å². The summed E-state index contributed by atoms with van der Waals surface area (Å²) >= 11 is 18.5. The summed E-state index contributed by atoms with van der Waals surface area (Å²) < 4.78 is 41.8. The Morgan fingerprint density at radius 3 is 2.42 bits per heavy atom. The number of aryl methyl sites for hydroxylation is 1. The van der Waals surface area contributed by atoms with Gasteiger partial charge in [-0.1, -0.05) is 53.0 Å². The van der Waals surface area contributed by atoms with Crippen LogP contribution in [-0.4, -0.2) is 20.7 Å². The molecule has 0 amide bonds. The van der Waals surface area contributed by atoms with Crippen molar-refractivity contribution in [1.82, 2.24) is 4.72 Å². The lowest BCUT2D eigenvalue weighted by Crippen LogP contribution is -2.29. The first-order chi connectivity index (χ1) is 15.6. The second-order valence-corrected chi connectivity index (χ2v) is 10.6. The van der Waals surface area contributed by atoms with E-state index in [2.05, 4.69) is 9.82 Å². The predicted molar refractivity (Wildman–Crippen MR) is 132 cm³/mol. The van der Waals surface area contributed by atoms with Crippen LogP contribution in [0.2, 0.25) is 15.1 Å². The van der Waals surface area contributed by atoms with Gasteiger partial charge in [0.05, 0.1) is 33.9 Å². The van der Waals surface area contributed by atoms with Crippen LogP contribution >= 0.6 is 34.8 Å². The molecule has 4 rings (SSSR count). The summed E-state index contributed by atoms with van der Waals surface area (Å²) in [6, 6.07) is 15.9. The van der Waals surface area contributed by atoms with E-state index in [-0.39, 0.29) is 17.5 Å². The molecular weight excluding hydrogens is 508 g/mol. The number of rotatable bonds is 6. The van der Waals surface area contributed by atoms with Crippen molar-refractivity contribution in [2.24, 2.45) is 5.10 Å². The van der Waals surface area contributed by atoms with Crippen LogP contribution in [0.5, 0.6) is 0 Å². The first-order valence-corrected chi connectivity index (χ1v) is 12.6. The van der Waals surface area contributed by atoms with Gasteiger partial charge in [0.25, 0.3) is 0 Å². The van der Waals surface area contributed by atoms with Crippen molar-refractivity contribution in [2.75, 3.05) is 11.6 Å². The number of nitrogens with zero attached hydrogens (tertiary/aromatic N) is 2. The van der Waals surface area contributed by atoms with Crippen LogP contribution in [0.25, 0.3) is 0 Å². The van der Waals surface area contributed by atoms with Crippen LogP contribution in [-0.2, 0) is 10.0 Å². The Morgan fingerprint density at radius 1 is 1.03 bits per heavy atom. The molecule has 1 aliphatic rings. The van der Waals surface area contributed by atoms with Crippen molar-refractivity contribution in [3.05, 3.63) is 92.7 Å². The lowest BCUT2D eigenvalue weighted by atomic mass is 10.0. The number of benzene rings is 3. The van der Waals surface area contributed by atoms with Crippen molar-refractivity contribution >= 4 is 56.2 Å². The predicted octanol–water partition coefficient (Wildman–Crippen LogP) is 6.38. The summed E-state index contributed by atoms with van der Waals surface area (Å²) in [4.78, 5) is -0.104. The van der Waals surface area contributed by atoms with Crippen LogP contribution in [0.15, 0.2) is 70.7 Å². The molecule has 0 aromatic heterocycles. The highest BCUT2D eigenvalue weighted by Gasteiger charge is 2.31. The summed E-state index contributed by atoms with van der Waals surface area (Å²) in [6.07, 6.45) is 0.450. The third-order valence-corrected chi connectivity index (χ3v) is 7.62. The fourth-order valence-corrected chi connectivity index (χ4v) is 5.53. The normalized spacial score (nSPS) is 16.2. The molecule has 0 saturated heterocycles. The summed E-state index contributed by atoms with van der Waals surface area (Å²) in [5.74, 6) is -0.620. The lowest BCUT2D eigenvalue weighted by molar-refractivity contribution is 0.581. The number of hydrogen-bond acceptors (Lipinski definition) is 4. The van der Waals surface area contributed by atoms with Gasteiger partial charge in [-0.15, -0.1) is 0 Å². The van der Waals surface area contributed by atoms with E-state index in [1.165, 1.54) is 12.1 Å². The molecule has 1 atom stereocenters. The summed E-state index contributed by atoms with van der Waals surface area (Å²) in [5.41, 5.74) is 2.62. The smallest absolute Gasteiger partial charge is 0.241 e. The standard InChI is InChI=1S/C23H19Cl3FN3O2S/c1-14-2-8-18(27)11-23(14)33(31,32)28-13-19-12-22(15-3-5-16(24)6-4-15)30(29-19)21-9-7-17(25)10-20(21)26/h2-11,22,28H,12-13H2,1H3/t22-/m0/s1. The quantitative estimate of drug-likeness (QED) is 0.405. The Bertz CT molecular complexity index is 1330. The number of hydrogen-bond donors (Lipinski definition) is 1. The van der Waals surface area contributed by atoms with Gasteiger partial charge in [0.15, 0.2) is 0 Å². The Kier molecular flexibility index (Phi) is 6.98. The minimum absolute atomic E-state index is 0.0376. The van der Waals surface area contributed by atoms with E-state index in [0.29, 0.717) is 38.5 Å². The summed E-state index contributed by atoms with van der Waals surface area (Å²) in [6.45, 7) is 1.58. The van der Waals surface area contributed by atoms with Crippen molar-refractivity contribution in [3.8, 4) is 0 Å². The van der Waals surface area contributed by atoms with Gasteiger partial charge < -0.3 is 0 Å². The van der Waals surface area contributed by atoms with Gasteiger partial charge in [0.2, 0.25) is 10.0 Å². The molecule has 5 nitrogen and oxygen atoms in total. The Morgan fingerprint density at radius 2 is 1.73 bits per heavy atom. The first kappa shape index (κ1) is 24.0. The molecular formula is C23H19Cl3FN3O2S. The van der Waals surface area contributed by atoms with E-state index < -0.39 is 15.8 Å². The molecule has 10 heteroatoms. The second kappa shape index (κ2) is 9.60. The van der Waals surface area contributed by atoms with Gasteiger partial charge in [-0.3, -0.25) is 5.01 Å². The molecule has 1 aliphatic heterocycles. The lowest BCUT2D eigenvalue weighted by Gasteiger charge is -2.25. The summed E-state index contributed by atoms with van der Waals surface area (Å²) in [7, 11) is -3.93. The summed E-state index contributed by atoms with van der Waals surface area (Å²) in [5, 5.41) is 7.92. The van der Waals surface area contributed by atoms with Gasteiger partial charge in [0, 0.05) is 16.5 Å². The maximum Gasteiger partial charge on any atom is 0.241 e. The molecule has 0 spiro atoms. The maximum absolute atomic E-state index is 13.6. The molecule has 1 N–H and O–H groups in total. The SMILES string of the molecule is Cc1ccc(F)cc1S(=O)(=O)NCC1=NN(c2ccc(Cl)cc2Cl)[C@H](c2ccc(Cl)cc2)C1. The van der Waals surface area contributed by atoms with Gasteiger partial charge in [-0.25, -0.2) is 17.5 Å². The Labute approximate surface area is 206 Å². The zero-order valence-electron chi connectivity index (χ0n) is 17.4. The molecule has 0 bridgehead atoms. The van der Waals surface area contributed by atoms with Gasteiger partial charge >= 0.3 is 0 Å². The maximum atomic E-state index is 13.6. The zero-order chi connectivity index (χ0) is 23.8. The van der Waals surface area contributed by atoms with E-state index in [1.807, 2.05) is 12.1 Å². The minimum atomic E-state index is -3.93. The van der Waals surface area contributed by atoms with E-state index in [0.717, 1.165) is 11.6 Å². The highest BCUT2D eigenvalue weighted by Crippen LogP contribution is 2.39. The van der Waals surface area contributed by atoms with Crippen molar-refractivity contribution in [3.63, 3.8) is 0 Å².